The van der Waals surface area contributed by atoms with Gasteiger partial charge in [-0.05, 0) is 49.8 Å². The molecule has 3 aromatic rings. The number of carbonyl (C=O) groups is 1. The lowest BCUT2D eigenvalue weighted by Gasteiger charge is -2.34. The summed E-state index contributed by atoms with van der Waals surface area (Å²) in [5, 5.41) is 8.26. The molecule has 2 aromatic heterocycles. The maximum absolute atomic E-state index is 13.6. The van der Waals surface area contributed by atoms with Crippen LogP contribution in [0, 0.1) is 0 Å². The van der Waals surface area contributed by atoms with E-state index in [1.54, 1.807) is 7.11 Å². The smallest absolute Gasteiger partial charge is 0.256 e. The molecule has 0 spiro atoms. The fourth-order valence-corrected chi connectivity index (χ4v) is 4.42. The number of nitrogens with zero attached hydrogens (tertiary/aromatic N) is 3. The predicted octanol–water partition coefficient (Wildman–Crippen LogP) is 3.07. The number of nitrogens with one attached hydrogen (secondary N) is 1. The summed E-state index contributed by atoms with van der Waals surface area (Å²) in [6, 6.07) is 6.56. The molecule has 0 aliphatic heterocycles. The molecule has 1 fully saturated rings. The Bertz CT molecular complexity index is 1010. The second kappa shape index (κ2) is 6.15. The van der Waals surface area contributed by atoms with E-state index < -0.39 is 0 Å². The highest BCUT2D eigenvalue weighted by Crippen LogP contribution is 2.36. The van der Waals surface area contributed by atoms with E-state index in [-0.39, 0.29) is 11.9 Å². The lowest BCUT2D eigenvalue weighted by Crippen LogP contribution is -2.44. The molecule has 0 bridgehead atoms. The van der Waals surface area contributed by atoms with Crippen molar-refractivity contribution in [2.45, 2.75) is 44.2 Å². The summed E-state index contributed by atoms with van der Waals surface area (Å²) in [6.07, 6.45) is 8.96. The first-order valence-electron chi connectivity index (χ1n) is 9.62. The van der Waals surface area contributed by atoms with Crippen LogP contribution in [0.2, 0.25) is 0 Å². The van der Waals surface area contributed by atoms with Gasteiger partial charge in [-0.1, -0.05) is 0 Å². The molecule has 0 saturated heterocycles. The Balaban J connectivity index is 1.51. The van der Waals surface area contributed by atoms with Crippen molar-refractivity contribution < 1.29 is 9.53 Å². The van der Waals surface area contributed by atoms with Crippen molar-refractivity contribution in [3.05, 3.63) is 47.4 Å². The molecule has 1 amide bonds. The average Bonchev–Trinajstić information content (AvgIpc) is 3.30. The Morgan fingerprint density at radius 3 is 2.93 bits per heavy atom. The average molecular weight is 364 g/mol. The third-order valence-corrected chi connectivity index (χ3v) is 5.99. The van der Waals surface area contributed by atoms with Crippen LogP contribution >= 0.6 is 0 Å². The zero-order valence-electron chi connectivity index (χ0n) is 15.7. The van der Waals surface area contributed by atoms with Gasteiger partial charge in [0.25, 0.3) is 5.91 Å². The van der Waals surface area contributed by atoms with Crippen molar-refractivity contribution in [1.82, 2.24) is 19.7 Å². The van der Waals surface area contributed by atoms with E-state index >= 15 is 0 Å². The second-order valence-electron chi connectivity index (χ2n) is 7.75. The predicted molar refractivity (Wildman–Crippen MR) is 103 cm³/mol. The van der Waals surface area contributed by atoms with Crippen LogP contribution in [0.1, 0.15) is 40.9 Å². The summed E-state index contributed by atoms with van der Waals surface area (Å²) < 4.78 is 7.37. The second-order valence-corrected chi connectivity index (χ2v) is 7.75. The Morgan fingerprint density at radius 2 is 2.15 bits per heavy atom. The number of rotatable bonds is 4. The zero-order chi connectivity index (χ0) is 18.5. The number of ether oxygens (including phenoxy) is 1. The lowest BCUT2D eigenvalue weighted by atomic mass is 9.91. The van der Waals surface area contributed by atoms with E-state index in [0.29, 0.717) is 6.04 Å². The number of aromatic amines is 1. The topological polar surface area (TPSA) is 63.1 Å². The highest BCUT2D eigenvalue weighted by molar-refractivity contribution is 6.07. The number of aromatic nitrogens is 3. The van der Waals surface area contributed by atoms with Crippen LogP contribution in [0.3, 0.4) is 0 Å². The Hall–Kier alpha value is -2.76. The Morgan fingerprint density at radius 1 is 1.30 bits per heavy atom. The van der Waals surface area contributed by atoms with Gasteiger partial charge in [0.2, 0.25) is 0 Å². The monoisotopic (exact) mass is 364 g/mol. The summed E-state index contributed by atoms with van der Waals surface area (Å²) >= 11 is 0. The molecule has 1 aromatic carbocycles. The number of methoxy groups -OCH3 is 1. The largest absolute Gasteiger partial charge is 0.497 e. The molecular formula is C21H24N4O2. The highest BCUT2D eigenvalue weighted by atomic mass is 16.5. The molecule has 6 nitrogen and oxygen atoms in total. The van der Waals surface area contributed by atoms with Crippen molar-refractivity contribution in [2.75, 3.05) is 7.11 Å². The number of benzene rings is 1. The number of hydrogen-bond acceptors (Lipinski definition) is 3. The minimum absolute atomic E-state index is 0.158. The number of hydrogen-bond donors (Lipinski definition) is 1. The number of H-pyrrole nitrogens is 1. The van der Waals surface area contributed by atoms with E-state index in [4.69, 9.17) is 4.74 Å². The van der Waals surface area contributed by atoms with Crippen LogP contribution in [0.4, 0.5) is 0 Å². The van der Waals surface area contributed by atoms with Crippen LogP contribution in [-0.4, -0.2) is 44.8 Å². The molecule has 1 atom stereocenters. The van der Waals surface area contributed by atoms with E-state index in [2.05, 4.69) is 15.1 Å². The normalized spacial score (nSPS) is 19.1. The molecule has 27 heavy (non-hydrogen) atoms. The van der Waals surface area contributed by atoms with E-state index in [9.17, 15) is 4.79 Å². The molecule has 1 saturated carbocycles. The summed E-state index contributed by atoms with van der Waals surface area (Å²) in [7, 11) is 3.65. The van der Waals surface area contributed by atoms with E-state index in [1.165, 1.54) is 11.3 Å². The van der Waals surface area contributed by atoms with Crippen molar-refractivity contribution >= 4 is 16.8 Å². The Labute approximate surface area is 158 Å². The lowest BCUT2D eigenvalue weighted by molar-refractivity contribution is 0.0644. The maximum Gasteiger partial charge on any atom is 0.256 e. The molecule has 1 N–H and O–H groups in total. The number of carbonyl (C=O) groups excluding carboxylic acids is 1. The highest BCUT2D eigenvalue weighted by Gasteiger charge is 2.40. The van der Waals surface area contributed by atoms with Crippen molar-refractivity contribution in [1.29, 1.82) is 0 Å². The number of aryl methyl sites for hydroxylation is 2. The van der Waals surface area contributed by atoms with Crippen molar-refractivity contribution in [3.8, 4) is 5.75 Å². The van der Waals surface area contributed by atoms with Gasteiger partial charge in [-0.3, -0.25) is 9.89 Å². The summed E-state index contributed by atoms with van der Waals surface area (Å²) in [5.74, 6) is 0.965. The molecular weight excluding hydrogens is 340 g/mol. The first kappa shape index (κ1) is 16.4. The molecule has 2 heterocycles. The van der Waals surface area contributed by atoms with Gasteiger partial charge in [-0.25, -0.2) is 0 Å². The fourth-order valence-electron chi connectivity index (χ4n) is 4.42. The van der Waals surface area contributed by atoms with E-state index in [0.717, 1.165) is 54.3 Å². The summed E-state index contributed by atoms with van der Waals surface area (Å²) in [6.45, 7) is 0. The van der Waals surface area contributed by atoms with Gasteiger partial charge in [-0.15, -0.1) is 0 Å². The van der Waals surface area contributed by atoms with Gasteiger partial charge >= 0.3 is 0 Å². The van der Waals surface area contributed by atoms with Crippen LogP contribution in [0.15, 0.2) is 30.6 Å². The third kappa shape index (κ3) is 2.71. The first-order valence-corrected chi connectivity index (χ1v) is 9.62. The van der Waals surface area contributed by atoms with Crippen LogP contribution < -0.4 is 4.74 Å². The van der Waals surface area contributed by atoms with Crippen molar-refractivity contribution in [2.24, 2.45) is 7.05 Å². The van der Waals surface area contributed by atoms with Crippen molar-refractivity contribution in [3.63, 3.8) is 0 Å². The van der Waals surface area contributed by atoms with Gasteiger partial charge < -0.3 is 14.2 Å². The van der Waals surface area contributed by atoms with Gasteiger partial charge in [-0.2, -0.15) is 5.10 Å². The zero-order valence-corrected chi connectivity index (χ0v) is 15.7. The molecule has 1 unspecified atom stereocenters. The van der Waals surface area contributed by atoms with Crippen LogP contribution in [0.5, 0.6) is 5.75 Å². The molecule has 0 radical (unpaired) electrons. The molecule has 2 aliphatic rings. The van der Waals surface area contributed by atoms with Gasteiger partial charge in [0.05, 0.1) is 24.4 Å². The Kier molecular flexibility index (Phi) is 3.74. The minimum Gasteiger partial charge on any atom is -0.497 e. The minimum atomic E-state index is 0.158. The van der Waals surface area contributed by atoms with Gasteiger partial charge in [0.1, 0.15) is 5.75 Å². The molecule has 2 aliphatic carbocycles. The molecule has 140 valence electrons. The van der Waals surface area contributed by atoms with Gasteiger partial charge in [0.15, 0.2) is 0 Å². The third-order valence-electron chi connectivity index (χ3n) is 5.99. The maximum atomic E-state index is 13.6. The van der Waals surface area contributed by atoms with Crippen LogP contribution in [-0.2, 0) is 19.9 Å². The van der Waals surface area contributed by atoms with Gasteiger partial charge in [0, 0.05) is 42.5 Å². The standard InChI is InChI=1S/C21H24N4O2/c1-24-12-18(17-7-6-16(27-2)10-20(17)24)21(26)25(14-3-4-14)15-5-8-19-13(9-15)11-22-23-19/h6-7,10-12,14-15H,3-5,8-9H2,1-2H3,(H,22,23). The first-order chi connectivity index (χ1) is 13.2. The molecule has 6 heteroatoms. The molecule has 5 rings (SSSR count). The fraction of sp³-hybridized carbons (Fsp3) is 0.429. The number of amides is 1. The van der Waals surface area contributed by atoms with E-state index in [1.807, 2.05) is 42.2 Å². The number of fused-ring (bicyclic) bond motifs is 2. The van der Waals surface area contributed by atoms with Crippen LogP contribution in [0.25, 0.3) is 10.9 Å². The summed E-state index contributed by atoms with van der Waals surface area (Å²) in [5.41, 5.74) is 4.30. The quantitative estimate of drug-likeness (QED) is 0.774. The summed E-state index contributed by atoms with van der Waals surface area (Å²) in [4.78, 5) is 15.8. The SMILES string of the molecule is COc1ccc2c(C(=O)N(C3CC3)C3CCc4[nH]ncc4C3)cn(C)c2c1.